The Bertz CT molecular complexity index is 2950. The maximum atomic E-state index is 6.18. The Balaban J connectivity index is 1.03. The summed E-state index contributed by atoms with van der Waals surface area (Å²) in [6, 6.07) is 65.3. The van der Waals surface area contributed by atoms with E-state index in [0.717, 1.165) is 60.9 Å². The largest absolute Gasteiger partial charge is 0.456 e. The van der Waals surface area contributed by atoms with Crippen LogP contribution in [0.2, 0.25) is 0 Å². The molecule has 0 N–H and O–H groups in total. The van der Waals surface area contributed by atoms with Gasteiger partial charge in [-0.25, -0.2) is 15.0 Å². The molecule has 2 heterocycles. The van der Waals surface area contributed by atoms with Crippen molar-refractivity contribution in [2.45, 2.75) is 0 Å². The van der Waals surface area contributed by atoms with Crippen LogP contribution in [0.15, 0.2) is 192 Å². The highest BCUT2D eigenvalue weighted by atomic mass is 16.3. The number of aromatic nitrogens is 3. The number of nitrogens with zero attached hydrogens (tertiary/aromatic N) is 3. The van der Waals surface area contributed by atoms with Gasteiger partial charge >= 0.3 is 0 Å². The van der Waals surface area contributed by atoms with Crippen LogP contribution >= 0.6 is 0 Å². The van der Waals surface area contributed by atoms with Crippen molar-refractivity contribution in [2.75, 3.05) is 0 Å². The van der Waals surface area contributed by atoms with Crippen LogP contribution in [0.4, 0.5) is 0 Å². The number of furan rings is 1. The lowest BCUT2D eigenvalue weighted by Crippen LogP contribution is -2.00. The number of hydrogen-bond donors (Lipinski definition) is 0. The Hall–Kier alpha value is -7.17. The number of fused-ring (bicyclic) bond motifs is 4. The van der Waals surface area contributed by atoms with Gasteiger partial charge in [0, 0.05) is 27.5 Å². The molecular formula is C49H31N3O. The minimum atomic E-state index is 0.632. The van der Waals surface area contributed by atoms with Gasteiger partial charge in [0.1, 0.15) is 11.2 Å². The molecule has 0 spiro atoms. The number of hydrogen-bond acceptors (Lipinski definition) is 4. The van der Waals surface area contributed by atoms with Gasteiger partial charge in [0.15, 0.2) is 17.5 Å². The van der Waals surface area contributed by atoms with E-state index in [-0.39, 0.29) is 0 Å². The van der Waals surface area contributed by atoms with Crippen molar-refractivity contribution in [3.05, 3.63) is 188 Å². The van der Waals surface area contributed by atoms with Crippen LogP contribution in [0.5, 0.6) is 0 Å². The second-order valence-electron chi connectivity index (χ2n) is 13.3. The number of rotatable bonds is 6. The van der Waals surface area contributed by atoms with Gasteiger partial charge in [-0.1, -0.05) is 152 Å². The molecule has 8 aromatic carbocycles. The third-order valence-electron chi connectivity index (χ3n) is 9.90. The van der Waals surface area contributed by atoms with Crippen molar-refractivity contribution >= 4 is 32.7 Å². The van der Waals surface area contributed by atoms with Gasteiger partial charge in [0.05, 0.1) is 0 Å². The predicted octanol–water partition coefficient (Wildman–Crippen LogP) is 12.9. The molecular weight excluding hydrogens is 647 g/mol. The van der Waals surface area contributed by atoms with Crippen LogP contribution < -0.4 is 0 Å². The summed E-state index contributed by atoms with van der Waals surface area (Å²) < 4.78 is 6.18. The first-order chi connectivity index (χ1) is 26.2. The van der Waals surface area contributed by atoms with Gasteiger partial charge in [0.2, 0.25) is 0 Å². The Morgan fingerprint density at radius 2 is 0.774 bits per heavy atom. The molecule has 2 aromatic heterocycles. The fraction of sp³-hybridized carbons (Fsp3) is 0. The van der Waals surface area contributed by atoms with E-state index in [2.05, 4.69) is 133 Å². The Morgan fingerprint density at radius 3 is 1.47 bits per heavy atom. The van der Waals surface area contributed by atoms with Crippen molar-refractivity contribution in [3.63, 3.8) is 0 Å². The molecule has 0 fully saturated rings. The molecule has 0 atom stereocenters. The highest BCUT2D eigenvalue weighted by Gasteiger charge is 2.15. The molecule has 0 bridgehead atoms. The number of para-hydroxylation sites is 1. The van der Waals surface area contributed by atoms with E-state index in [4.69, 9.17) is 19.4 Å². The third kappa shape index (κ3) is 5.73. The zero-order valence-electron chi connectivity index (χ0n) is 28.6. The highest BCUT2D eigenvalue weighted by Crippen LogP contribution is 2.38. The van der Waals surface area contributed by atoms with Crippen molar-refractivity contribution in [3.8, 4) is 67.5 Å². The smallest absolute Gasteiger partial charge is 0.164 e. The second kappa shape index (κ2) is 12.9. The Labute approximate surface area is 306 Å². The Kier molecular flexibility index (Phi) is 7.43. The molecule has 0 radical (unpaired) electrons. The molecule has 0 aliphatic heterocycles. The predicted molar refractivity (Wildman–Crippen MR) is 217 cm³/mol. The minimum Gasteiger partial charge on any atom is -0.456 e. The van der Waals surface area contributed by atoms with E-state index < -0.39 is 0 Å². The van der Waals surface area contributed by atoms with E-state index in [1.807, 2.05) is 54.6 Å². The maximum absolute atomic E-state index is 6.18. The van der Waals surface area contributed by atoms with Gasteiger partial charge in [-0.3, -0.25) is 0 Å². The van der Waals surface area contributed by atoms with Crippen LogP contribution in [0.3, 0.4) is 0 Å². The summed E-state index contributed by atoms with van der Waals surface area (Å²) in [5.41, 5.74) is 11.4. The van der Waals surface area contributed by atoms with Crippen LogP contribution in [0, 0.1) is 0 Å². The summed E-state index contributed by atoms with van der Waals surface area (Å²) >= 11 is 0. The monoisotopic (exact) mass is 677 g/mol. The summed E-state index contributed by atoms with van der Waals surface area (Å²) in [5.74, 6) is 1.91. The lowest BCUT2D eigenvalue weighted by molar-refractivity contribution is 0.669. The first-order valence-corrected chi connectivity index (χ1v) is 17.8. The Morgan fingerprint density at radius 1 is 0.302 bits per heavy atom. The molecule has 4 heteroatoms. The second-order valence-corrected chi connectivity index (χ2v) is 13.3. The van der Waals surface area contributed by atoms with E-state index in [1.54, 1.807) is 0 Å². The standard InChI is InChI=1S/C49H31N3O/c1-3-12-32(13-4-1)34-16-9-18-40(30-34)48-50-47(33-14-5-2-6-15-33)51-49(52-48)41-19-10-17-35(31-41)36-24-25-38-29-39(27-26-37(38)28-36)42-21-11-23-45-46(42)43-20-7-8-22-44(43)53-45/h1-31H. The summed E-state index contributed by atoms with van der Waals surface area (Å²) in [5, 5.41) is 4.64. The molecule has 0 saturated heterocycles. The minimum absolute atomic E-state index is 0.632. The maximum Gasteiger partial charge on any atom is 0.164 e. The van der Waals surface area contributed by atoms with Crippen LogP contribution in [-0.2, 0) is 0 Å². The first kappa shape index (κ1) is 30.6. The summed E-state index contributed by atoms with van der Waals surface area (Å²) in [6.45, 7) is 0. The van der Waals surface area contributed by atoms with Gasteiger partial charge in [0.25, 0.3) is 0 Å². The van der Waals surface area contributed by atoms with E-state index in [1.165, 1.54) is 21.9 Å². The molecule has 0 saturated carbocycles. The molecule has 4 nitrogen and oxygen atoms in total. The fourth-order valence-corrected chi connectivity index (χ4v) is 7.26. The van der Waals surface area contributed by atoms with Gasteiger partial charge in [-0.2, -0.15) is 0 Å². The van der Waals surface area contributed by atoms with Crippen LogP contribution in [0.1, 0.15) is 0 Å². The van der Waals surface area contributed by atoms with E-state index in [9.17, 15) is 0 Å². The van der Waals surface area contributed by atoms with Crippen molar-refractivity contribution in [1.82, 2.24) is 15.0 Å². The molecule has 10 aromatic rings. The summed E-state index contributed by atoms with van der Waals surface area (Å²) in [7, 11) is 0. The molecule has 0 aliphatic rings. The zero-order valence-corrected chi connectivity index (χ0v) is 28.6. The van der Waals surface area contributed by atoms with E-state index >= 15 is 0 Å². The van der Waals surface area contributed by atoms with Crippen molar-refractivity contribution < 1.29 is 4.42 Å². The van der Waals surface area contributed by atoms with Gasteiger partial charge in [-0.05, 0) is 80.6 Å². The molecule has 0 amide bonds. The molecule has 0 aliphatic carbocycles. The first-order valence-electron chi connectivity index (χ1n) is 17.8. The normalized spacial score (nSPS) is 11.4. The average Bonchev–Trinajstić information content (AvgIpc) is 3.63. The van der Waals surface area contributed by atoms with Crippen LogP contribution in [-0.4, -0.2) is 15.0 Å². The lowest BCUT2D eigenvalue weighted by Gasteiger charge is -2.11. The quantitative estimate of drug-likeness (QED) is 0.176. The molecule has 53 heavy (non-hydrogen) atoms. The van der Waals surface area contributed by atoms with Gasteiger partial charge in [-0.15, -0.1) is 0 Å². The van der Waals surface area contributed by atoms with Crippen LogP contribution in [0.25, 0.3) is 100 Å². The molecule has 248 valence electrons. The molecule has 0 unspecified atom stereocenters. The lowest BCUT2D eigenvalue weighted by atomic mass is 9.95. The van der Waals surface area contributed by atoms with Crippen molar-refractivity contribution in [1.29, 1.82) is 0 Å². The third-order valence-corrected chi connectivity index (χ3v) is 9.90. The highest BCUT2D eigenvalue weighted by molar-refractivity contribution is 6.13. The van der Waals surface area contributed by atoms with Gasteiger partial charge < -0.3 is 4.42 Å². The topological polar surface area (TPSA) is 51.8 Å². The fourth-order valence-electron chi connectivity index (χ4n) is 7.26. The average molecular weight is 678 g/mol. The van der Waals surface area contributed by atoms with Crippen molar-refractivity contribution in [2.24, 2.45) is 0 Å². The summed E-state index contributed by atoms with van der Waals surface area (Å²) in [6.07, 6.45) is 0. The summed E-state index contributed by atoms with van der Waals surface area (Å²) in [4.78, 5) is 15.1. The number of benzene rings is 8. The molecule has 10 rings (SSSR count). The zero-order chi connectivity index (χ0) is 35.1. The van der Waals surface area contributed by atoms with E-state index in [0.29, 0.717) is 17.5 Å². The SMILES string of the molecule is c1ccc(-c2cccc(-c3nc(-c4ccccc4)nc(-c4cccc(-c5ccc6cc(-c7cccc8oc9ccccc9c78)ccc6c5)c4)n3)c2)cc1.